The third kappa shape index (κ3) is 2.21. The molecule has 0 saturated heterocycles. The van der Waals surface area contributed by atoms with E-state index in [1.54, 1.807) is 12.1 Å². The van der Waals surface area contributed by atoms with Gasteiger partial charge in [-0.3, -0.25) is 0 Å². The smallest absolute Gasteiger partial charge is 0.338 e. The van der Waals surface area contributed by atoms with Crippen molar-refractivity contribution in [2.24, 2.45) is 0 Å². The van der Waals surface area contributed by atoms with Crippen molar-refractivity contribution in [3.8, 4) is 17.2 Å². The van der Waals surface area contributed by atoms with E-state index in [1.165, 1.54) is 7.11 Å². The zero-order valence-electron chi connectivity index (χ0n) is 12.0. The normalized spacial score (nSPS) is 10.2. The summed E-state index contributed by atoms with van der Waals surface area (Å²) >= 11 is 0. The van der Waals surface area contributed by atoms with Crippen LogP contribution in [0.5, 0.6) is 0 Å². The minimum Gasteiger partial charge on any atom is -0.465 e. The largest absolute Gasteiger partial charge is 0.465 e. The number of nitrogens with zero attached hydrogens (tertiary/aromatic N) is 1. The molecule has 0 aromatic heterocycles. The van der Waals surface area contributed by atoms with Gasteiger partial charge < -0.3 is 4.74 Å². The van der Waals surface area contributed by atoms with Crippen LogP contribution in [0, 0.1) is 11.3 Å². The standard InChI is InChI=1S/C19H13NO2/c1-22-19(21)17-9-5-4-8-15(17)16-11-10-13-6-2-3-7-14(13)18(16)12-20/h2-11H,1H3. The van der Waals surface area contributed by atoms with Crippen LogP contribution in [-0.4, -0.2) is 13.1 Å². The quantitative estimate of drug-likeness (QED) is 0.665. The molecule has 0 radical (unpaired) electrons. The Morgan fingerprint density at radius 3 is 2.45 bits per heavy atom. The number of hydrogen-bond acceptors (Lipinski definition) is 3. The highest BCUT2D eigenvalue weighted by Crippen LogP contribution is 2.32. The average Bonchev–Trinajstić information content (AvgIpc) is 2.60. The summed E-state index contributed by atoms with van der Waals surface area (Å²) in [4.78, 5) is 12.0. The van der Waals surface area contributed by atoms with Gasteiger partial charge in [0.1, 0.15) is 6.07 Å². The Labute approximate surface area is 128 Å². The van der Waals surface area contributed by atoms with Gasteiger partial charge >= 0.3 is 5.97 Å². The highest BCUT2D eigenvalue weighted by Gasteiger charge is 2.16. The topological polar surface area (TPSA) is 50.1 Å². The summed E-state index contributed by atoms with van der Waals surface area (Å²) in [6, 6.07) is 21.0. The van der Waals surface area contributed by atoms with Gasteiger partial charge in [-0.2, -0.15) is 5.26 Å². The SMILES string of the molecule is COC(=O)c1ccccc1-c1ccc2ccccc2c1C#N. The molecule has 0 unspecified atom stereocenters. The lowest BCUT2D eigenvalue weighted by molar-refractivity contribution is 0.0601. The molecule has 3 heteroatoms. The van der Waals surface area contributed by atoms with E-state index < -0.39 is 5.97 Å². The van der Waals surface area contributed by atoms with Crippen molar-refractivity contribution in [1.82, 2.24) is 0 Å². The first kappa shape index (κ1) is 13.8. The minimum absolute atomic E-state index is 0.410. The summed E-state index contributed by atoms with van der Waals surface area (Å²) in [5.41, 5.74) is 2.46. The van der Waals surface area contributed by atoms with E-state index in [-0.39, 0.29) is 0 Å². The fourth-order valence-corrected chi connectivity index (χ4v) is 2.62. The van der Waals surface area contributed by atoms with Crippen LogP contribution in [0.15, 0.2) is 60.7 Å². The zero-order valence-corrected chi connectivity index (χ0v) is 12.0. The van der Waals surface area contributed by atoms with Crippen molar-refractivity contribution in [3.05, 3.63) is 71.8 Å². The van der Waals surface area contributed by atoms with E-state index in [2.05, 4.69) is 6.07 Å². The number of rotatable bonds is 2. The molecule has 0 spiro atoms. The number of carbonyl (C=O) groups excluding carboxylic acids is 1. The number of methoxy groups -OCH3 is 1. The van der Waals surface area contributed by atoms with Gasteiger partial charge in [-0.15, -0.1) is 0 Å². The Balaban J connectivity index is 2.33. The number of hydrogen-bond donors (Lipinski definition) is 0. The molecule has 0 aliphatic heterocycles. The maximum atomic E-state index is 12.0. The number of benzene rings is 3. The predicted octanol–water partition coefficient (Wildman–Crippen LogP) is 4.17. The first-order valence-electron chi connectivity index (χ1n) is 6.86. The molecule has 3 rings (SSSR count). The molecule has 0 atom stereocenters. The Kier molecular flexibility index (Phi) is 3.59. The van der Waals surface area contributed by atoms with E-state index in [1.807, 2.05) is 48.5 Å². The van der Waals surface area contributed by atoms with Crippen molar-refractivity contribution in [2.45, 2.75) is 0 Å². The van der Waals surface area contributed by atoms with E-state index in [9.17, 15) is 10.1 Å². The lowest BCUT2D eigenvalue weighted by atomic mass is 9.92. The first-order chi connectivity index (χ1) is 10.8. The second kappa shape index (κ2) is 5.71. The summed E-state index contributed by atoms with van der Waals surface area (Å²) in [6.07, 6.45) is 0. The Bertz CT molecular complexity index is 907. The van der Waals surface area contributed by atoms with E-state index >= 15 is 0 Å². The monoisotopic (exact) mass is 287 g/mol. The summed E-state index contributed by atoms with van der Waals surface area (Å²) < 4.78 is 4.84. The number of fused-ring (bicyclic) bond motifs is 1. The summed E-state index contributed by atoms with van der Waals surface area (Å²) in [6.45, 7) is 0. The van der Waals surface area contributed by atoms with Gasteiger partial charge in [0, 0.05) is 10.9 Å². The molecule has 3 aromatic carbocycles. The average molecular weight is 287 g/mol. The van der Waals surface area contributed by atoms with Crippen molar-refractivity contribution < 1.29 is 9.53 Å². The molecule has 106 valence electrons. The molecule has 0 aliphatic rings. The van der Waals surface area contributed by atoms with Crippen molar-refractivity contribution in [3.63, 3.8) is 0 Å². The maximum absolute atomic E-state index is 12.0. The Morgan fingerprint density at radius 1 is 0.955 bits per heavy atom. The van der Waals surface area contributed by atoms with Gasteiger partial charge in [0.25, 0.3) is 0 Å². The summed E-state index contributed by atoms with van der Waals surface area (Å²) in [5, 5.41) is 11.5. The third-order valence-electron chi connectivity index (χ3n) is 3.66. The molecule has 0 saturated carbocycles. The minimum atomic E-state index is -0.410. The molecule has 0 N–H and O–H groups in total. The fraction of sp³-hybridized carbons (Fsp3) is 0.0526. The molecule has 0 heterocycles. The molecule has 0 aliphatic carbocycles. The van der Waals surface area contributed by atoms with Crippen molar-refractivity contribution >= 4 is 16.7 Å². The van der Waals surface area contributed by atoms with Crippen LogP contribution in [0.25, 0.3) is 21.9 Å². The van der Waals surface area contributed by atoms with Crippen LogP contribution in [0.4, 0.5) is 0 Å². The van der Waals surface area contributed by atoms with Crippen LogP contribution in [0.1, 0.15) is 15.9 Å². The summed E-state index contributed by atoms with van der Waals surface area (Å²) in [7, 11) is 1.35. The Morgan fingerprint density at radius 2 is 1.68 bits per heavy atom. The third-order valence-corrected chi connectivity index (χ3v) is 3.66. The van der Waals surface area contributed by atoms with Crippen LogP contribution >= 0.6 is 0 Å². The molecule has 22 heavy (non-hydrogen) atoms. The summed E-state index contributed by atoms with van der Waals surface area (Å²) in [5.74, 6) is -0.410. The van der Waals surface area contributed by atoms with Gasteiger partial charge in [-0.25, -0.2) is 4.79 Å². The van der Waals surface area contributed by atoms with Gasteiger partial charge in [-0.1, -0.05) is 54.6 Å². The van der Waals surface area contributed by atoms with E-state index in [4.69, 9.17) is 4.74 Å². The van der Waals surface area contributed by atoms with Gasteiger partial charge in [-0.05, 0) is 17.0 Å². The van der Waals surface area contributed by atoms with E-state index in [0.717, 1.165) is 16.3 Å². The van der Waals surface area contributed by atoms with Crippen molar-refractivity contribution in [1.29, 1.82) is 5.26 Å². The number of ether oxygens (including phenoxy) is 1. The second-order valence-corrected chi connectivity index (χ2v) is 4.86. The first-order valence-corrected chi connectivity index (χ1v) is 6.86. The molecule has 0 fully saturated rings. The zero-order chi connectivity index (χ0) is 15.5. The second-order valence-electron chi connectivity index (χ2n) is 4.86. The number of nitriles is 1. The van der Waals surface area contributed by atoms with E-state index in [0.29, 0.717) is 16.7 Å². The predicted molar refractivity (Wildman–Crippen MR) is 85.4 cm³/mol. The molecule has 3 nitrogen and oxygen atoms in total. The fourth-order valence-electron chi connectivity index (χ4n) is 2.62. The van der Waals surface area contributed by atoms with Gasteiger partial charge in [0.2, 0.25) is 0 Å². The Hall–Kier alpha value is -3.12. The molecule has 3 aromatic rings. The van der Waals surface area contributed by atoms with Gasteiger partial charge in [0.05, 0.1) is 18.2 Å². The number of carbonyl (C=O) groups is 1. The van der Waals surface area contributed by atoms with Crippen LogP contribution in [0.2, 0.25) is 0 Å². The molecular weight excluding hydrogens is 274 g/mol. The molecular formula is C19H13NO2. The van der Waals surface area contributed by atoms with Crippen LogP contribution < -0.4 is 0 Å². The molecule has 0 amide bonds. The maximum Gasteiger partial charge on any atom is 0.338 e. The highest BCUT2D eigenvalue weighted by atomic mass is 16.5. The number of esters is 1. The van der Waals surface area contributed by atoms with Gasteiger partial charge in [0.15, 0.2) is 0 Å². The molecule has 0 bridgehead atoms. The van der Waals surface area contributed by atoms with Crippen LogP contribution in [0.3, 0.4) is 0 Å². The highest BCUT2D eigenvalue weighted by molar-refractivity contribution is 6.01. The van der Waals surface area contributed by atoms with Crippen molar-refractivity contribution in [2.75, 3.05) is 7.11 Å². The lowest BCUT2D eigenvalue weighted by Crippen LogP contribution is -2.04. The lowest BCUT2D eigenvalue weighted by Gasteiger charge is -2.11. The van der Waals surface area contributed by atoms with Crippen LogP contribution in [-0.2, 0) is 4.74 Å².